The quantitative estimate of drug-likeness (QED) is 0.875. The van der Waals surface area contributed by atoms with E-state index in [1.165, 1.54) is 11.3 Å². The summed E-state index contributed by atoms with van der Waals surface area (Å²) in [6, 6.07) is 6.44. The molecule has 0 bridgehead atoms. The first kappa shape index (κ1) is 16.6. The molecule has 3 rings (SSSR count). The van der Waals surface area contributed by atoms with Gasteiger partial charge in [-0.15, -0.1) is 0 Å². The van der Waals surface area contributed by atoms with Gasteiger partial charge in [-0.2, -0.15) is 0 Å². The Labute approximate surface area is 146 Å². The minimum absolute atomic E-state index is 0.0307. The zero-order valence-corrected chi connectivity index (χ0v) is 15.1. The molecule has 1 aromatic carbocycles. The van der Waals surface area contributed by atoms with E-state index in [1.807, 2.05) is 4.90 Å². The van der Waals surface area contributed by atoms with E-state index in [4.69, 9.17) is 4.74 Å². The maximum atomic E-state index is 12.2. The van der Waals surface area contributed by atoms with Crippen LogP contribution in [0.2, 0.25) is 0 Å². The topological polar surface area (TPSA) is 44.8 Å². The second-order valence-electron chi connectivity index (χ2n) is 6.25. The lowest BCUT2D eigenvalue weighted by molar-refractivity contribution is 0.108. The van der Waals surface area contributed by atoms with Gasteiger partial charge in [0.1, 0.15) is 0 Å². The van der Waals surface area contributed by atoms with Gasteiger partial charge in [0.25, 0.3) is 0 Å². The highest BCUT2D eigenvalue weighted by molar-refractivity contribution is 9.10. The summed E-state index contributed by atoms with van der Waals surface area (Å²) in [4.78, 5) is 16.5. The number of hydrogen-bond donors (Lipinski definition) is 1. The number of rotatable bonds is 3. The first-order valence-corrected chi connectivity index (χ1v) is 9.08. The normalized spacial score (nSPS) is 21.6. The molecule has 1 atom stereocenters. The van der Waals surface area contributed by atoms with Gasteiger partial charge in [0.15, 0.2) is 0 Å². The molecule has 0 radical (unpaired) electrons. The van der Waals surface area contributed by atoms with Gasteiger partial charge in [-0.1, -0.05) is 6.07 Å². The lowest BCUT2D eigenvalue weighted by atomic mass is 10.2. The number of urea groups is 1. The van der Waals surface area contributed by atoms with Crippen molar-refractivity contribution in [1.82, 2.24) is 10.2 Å². The minimum Gasteiger partial charge on any atom is -0.376 e. The van der Waals surface area contributed by atoms with Crippen molar-refractivity contribution in [3.8, 4) is 0 Å². The summed E-state index contributed by atoms with van der Waals surface area (Å²) in [5, 5.41) is 3.00. The summed E-state index contributed by atoms with van der Waals surface area (Å²) < 4.78 is 6.66. The Balaban J connectivity index is 1.48. The molecule has 5 nitrogen and oxygen atoms in total. The highest BCUT2D eigenvalue weighted by Gasteiger charge is 2.23. The molecule has 0 saturated carbocycles. The van der Waals surface area contributed by atoms with Crippen molar-refractivity contribution < 1.29 is 9.53 Å². The summed E-state index contributed by atoms with van der Waals surface area (Å²) in [6.45, 7) is 6.75. The predicted octanol–water partition coefficient (Wildman–Crippen LogP) is 2.77. The number of benzene rings is 1. The number of halogens is 1. The molecule has 0 aromatic heterocycles. The van der Waals surface area contributed by atoms with E-state index in [0.29, 0.717) is 6.54 Å². The Kier molecular flexibility index (Phi) is 5.43. The fraction of sp³-hybridized carbons (Fsp3) is 0.588. The highest BCUT2D eigenvalue weighted by Crippen LogP contribution is 2.28. The van der Waals surface area contributed by atoms with Crippen LogP contribution < -0.4 is 10.2 Å². The van der Waals surface area contributed by atoms with Gasteiger partial charge in [0, 0.05) is 43.8 Å². The highest BCUT2D eigenvalue weighted by atomic mass is 79.9. The van der Waals surface area contributed by atoms with Gasteiger partial charge in [0.2, 0.25) is 0 Å². The Bertz CT molecular complexity index is 553. The van der Waals surface area contributed by atoms with Gasteiger partial charge >= 0.3 is 6.03 Å². The molecule has 2 heterocycles. The third-order valence-corrected chi connectivity index (χ3v) is 5.15. The molecule has 1 unspecified atom stereocenters. The Morgan fingerprint density at radius 2 is 2.13 bits per heavy atom. The van der Waals surface area contributed by atoms with Gasteiger partial charge < -0.3 is 19.9 Å². The monoisotopic (exact) mass is 381 g/mol. The number of nitrogens with one attached hydrogen (secondary N) is 1. The molecular formula is C17H24BrN3O2. The largest absolute Gasteiger partial charge is 0.376 e. The number of aryl methyl sites for hydroxylation is 1. The van der Waals surface area contributed by atoms with Crippen LogP contribution in [0.1, 0.15) is 18.4 Å². The van der Waals surface area contributed by atoms with Crippen molar-refractivity contribution in [3.05, 3.63) is 28.2 Å². The molecule has 2 saturated heterocycles. The van der Waals surface area contributed by atoms with Crippen LogP contribution in [-0.2, 0) is 4.74 Å². The third-order valence-electron chi connectivity index (χ3n) is 4.52. The van der Waals surface area contributed by atoms with E-state index < -0.39 is 0 Å². The van der Waals surface area contributed by atoms with Crippen LogP contribution in [0.5, 0.6) is 0 Å². The predicted molar refractivity (Wildman–Crippen MR) is 95.0 cm³/mol. The smallest absolute Gasteiger partial charge is 0.317 e. The fourth-order valence-electron chi connectivity index (χ4n) is 3.14. The molecule has 2 aliphatic rings. The molecule has 2 fully saturated rings. The number of ether oxygens (including phenoxy) is 1. The molecule has 6 heteroatoms. The van der Waals surface area contributed by atoms with Crippen LogP contribution in [0, 0.1) is 6.92 Å². The Morgan fingerprint density at radius 3 is 2.78 bits per heavy atom. The molecular weight excluding hydrogens is 358 g/mol. The van der Waals surface area contributed by atoms with Crippen molar-refractivity contribution in [1.29, 1.82) is 0 Å². The van der Waals surface area contributed by atoms with Gasteiger partial charge in [-0.25, -0.2) is 4.79 Å². The molecule has 1 N–H and O–H groups in total. The second kappa shape index (κ2) is 7.53. The zero-order valence-electron chi connectivity index (χ0n) is 13.6. The molecule has 23 heavy (non-hydrogen) atoms. The molecule has 0 spiro atoms. The standard InChI is InChI=1S/C17H24BrN3O2/c1-13-4-5-16(15(18)11-13)20-6-8-21(9-7-20)17(22)19-12-14-3-2-10-23-14/h4-5,11,14H,2-3,6-10,12H2,1H3,(H,19,22). The summed E-state index contributed by atoms with van der Waals surface area (Å²) in [7, 11) is 0. The summed E-state index contributed by atoms with van der Waals surface area (Å²) in [6.07, 6.45) is 2.35. The van der Waals surface area contributed by atoms with E-state index >= 15 is 0 Å². The number of carbonyl (C=O) groups is 1. The van der Waals surface area contributed by atoms with E-state index in [2.05, 4.69) is 51.3 Å². The Morgan fingerprint density at radius 1 is 1.35 bits per heavy atom. The van der Waals surface area contributed by atoms with E-state index in [-0.39, 0.29) is 12.1 Å². The number of hydrogen-bond acceptors (Lipinski definition) is 3. The first-order chi connectivity index (χ1) is 11.1. The van der Waals surface area contributed by atoms with Crippen LogP contribution in [0.25, 0.3) is 0 Å². The maximum absolute atomic E-state index is 12.2. The average molecular weight is 382 g/mol. The molecule has 0 aliphatic carbocycles. The first-order valence-electron chi connectivity index (χ1n) is 8.29. The van der Waals surface area contributed by atoms with Crippen molar-refractivity contribution in [2.75, 3.05) is 44.2 Å². The zero-order chi connectivity index (χ0) is 16.2. The lowest BCUT2D eigenvalue weighted by Crippen LogP contribution is -2.52. The fourth-order valence-corrected chi connectivity index (χ4v) is 3.88. The van der Waals surface area contributed by atoms with Crippen LogP contribution in [0.15, 0.2) is 22.7 Å². The van der Waals surface area contributed by atoms with Crippen molar-refractivity contribution in [2.45, 2.75) is 25.9 Å². The third kappa shape index (κ3) is 4.18. The van der Waals surface area contributed by atoms with E-state index in [0.717, 1.165) is 50.1 Å². The molecule has 2 amide bonds. The van der Waals surface area contributed by atoms with Crippen molar-refractivity contribution >= 4 is 27.6 Å². The number of piperazine rings is 1. The maximum Gasteiger partial charge on any atom is 0.317 e. The summed E-state index contributed by atoms with van der Waals surface area (Å²) in [5.41, 5.74) is 2.45. The molecule has 126 valence electrons. The van der Waals surface area contributed by atoms with Crippen LogP contribution >= 0.6 is 15.9 Å². The van der Waals surface area contributed by atoms with Crippen LogP contribution in [0.4, 0.5) is 10.5 Å². The molecule has 2 aliphatic heterocycles. The SMILES string of the molecule is Cc1ccc(N2CCN(C(=O)NCC3CCCO3)CC2)c(Br)c1. The van der Waals surface area contributed by atoms with E-state index in [9.17, 15) is 4.79 Å². The van der Waals surface area contributed by atoms with Gasteiger partial charge in [0.05, 0.1) is 11.8 Å². The molecule has 1 aromatic rings. The van der Waals surface area contributed by atoms with Crippen molar-refractivity contribution in [2.24, 2.45) is 0 Å². The second-order valence-corrected chi connectivity index (χ2v) is 7.10. The van der Waals surface area contributed by atoms with Crippen LogP contribution in [0.3, 0.4) is 0 Å². The minimum atomic E-state index is 0.0307. The van der Waals surface area contributed by atoms with E-state index in [1.54, 1.807) is 0 Å². The number of amides is 2. The van der Waals surface area contributed by atoms with Crippen LogP contribution in [-0.4, -0.2) is 56.4 Å². The number of anilines is 1. The number of carbonyl (C=O) groups excluding carboxylic acids is 1. The van der Waals surface area contributed by atoms with Crippen molar-refractivity contribution in [3.63, 3.8) is 0 Å². The average Bonchev–Trinajstić information content (AvgIpc) is 3.06. The van der Waals surface area contributed by atoms with Gasteiger partial charge in [-0.05, 0) is 53.4 Å². The number of nitrogens with zero attached hydrogens (tertiary/aromatic N) is 2. The van der Waals surface area contributed by atoms with Gasteiger partial charge in [-0.3, -0.25) is 0 Å². The lowest BCUT2D eigenvalue weighted by Gasteiger charge is -2.36. The summed E-state index contributed by atoms with van der Waals surface area (Å²) >= 11 is 3.64. The Hall–Kier alpha value is -1.27. The summed E-state index contributed by atoms with van der Waals surface area (Å²) in [5.74, 6) is 0.